The first-order valence-electron chi connectivity index (χ1n) is 5.38. The normalized spacial score (nSPS) is 10.8. The van der Waals surface area contributed by atoms with Crippen LogP contribution in [0, 0.1) is 5.82 Å². The zero-order valence-corrected chi connectivity index (χ0v) is 9.74. The van der Waals surface area contributed by atoms with Gasteiger partial charge in [0.1, 0.15) is 0 Å². The van der Waals surface area contributed by atoms with E-state index < -0.39 is 0 Å². The first kappa shape index (κ1) is 12.9. The molecular formula is C12H18FNO2. The van der Waals surface area contributed by atoms with Crippen LogP contribution in [0.15, 0.2) is 18.2 Å². The molecule has 0 heterocycles. The molecule has 0 bridgehead atoms. The van der Waals surface area contributed by atoms with E-state index in [-0.39, 0.29) is 18.2 Å². The third kappa shape index (κ3) is 3.79. The van der Waals surface area contributed by atoms with Crippen molar-refractivity contribution in [2.75, 3.05) is 26.8 Å². The minimum absolute atomic E-state index is 0.107. The molecule has 16 heavy (non-hydrogen) atoms. The van der Waals surface area contributed by atoms with Gasteiger partial charge in [-0.15, -0.1) is 0 Å². The van der Waals surface area contributed by atoms with Gasteiger partial charge in [0.05, 0.1) is 13.2 Å². The van der Waals surface area contributed by atoms with Crippen molar-refractivity contribution in [3.63, 3.8) is 0 Å². The molecule has 1 N–H and O–H groups in total. The van der Waals surface area contributed by atoms with Crippen molar-refractivity contribution in [2.24, 2.45) is 0 Å². The fraction of sp³-hybridized carbons (Fsp3) is 0.500. The van der Waals surface area contributed by atoms with Gasteiger partial charge in [-0.25, -0.2) is 4.39 Å². The molecule has 0 saturated heterocycles. The van der Waals surface area contributed by atoms with Crippen molar-refractivity contribution in [1.29, 1.82) is 0 Å². The number of rotatable bonds is 6. The number of ether oxygens (including phenoxy) is 1. The first-order chi connectivity index (χ1) is 7.67. The van der Waals surface area contributed by atoms with Crippen molar-refractivity contribution in [1.82, 2.24) is 4.90 Å². The quantitative estimate of drug-likeness (QED) is 0.802. The third-order valence-electron chi connectivity index (χ3n) is 2.23. The zero-order valence-electron chi connectivity index (χ0n) is 9.74. The minimum atomic E-state index is -0.336. The van der Waals surface area contributed by atoms with Crippen molar-refractivity contribution >= 4 is 0 Å². The summed E-state index contributed by atoms with van der Waals surface area (Å²) in [6.07, 6.45) is 0. The lowest BCUT2D eigenvalue weighted by Gasteiger charge is -2.15. The second-order valence-corrected chi connectivity index (χ2v) is 3.66. The SMILES string of the molecule is CCOc1ccc(CN(C)CCO)cc1F. The predicted molar refractivity (Wildman–Crippen MR) is 61.0 cm³/mol. The molecule has 1 rings (SSSR count). The number of hydrogen-bond acceptors (Lipinski definition) is 3. The van der Waals surface area contributed by atoms with Gasteiger partial charge in [-0.1, -0.05) is 6.07 Å². The number of likely N-dealkylation sites (N-methyl/N-ethyl adjacent to an activating group) is 1. The second-order valence-electron chi connectivity index (χ2n) is 3.66. The smallest absolute Gasteiger partial charge is 0.165 e. The van der Waals surface area contributed by atoms with E-state index in [1.165, 1.54) is 6.07 Å². The van der Waals surface area contributed by atoms with E-state index in [9.17, 15) is 4.39 Å². The Morgan fingerprint density at radius 3 is 2.75 bits per heavy atom. The van der Waals surface area contributed by atoms with Crippen molar-refractivity contribution < 1.29 is 14.2 Å². The highest BCUT2D eigenvalue weighted by Crippen LogP contribution is 2.18. The van der Waals surface area contributed by atoms with Gasteiger partial charge in [0.25, 0.3) is 0 Å². The molecule has 0 aliphatic heterocycles. The first-order valence-corrected chi connectivity index (χ1v) is 5.38. The lowest BCUT2D eigenvalue weighted by Crippen LogP contribution is -2.21. The Hall–Kier alpha value is -1.13. The molecular weight excluding hydrogens is 209 g/mol. The molecule has 1 aromatic carbocycles. The summed E-state index contributed by atoms with van der Waals surface area (Å²) in [6, 6.07) is 4.95. The summed E-state index contributed by atoms with van der Waals surface area (Å²) >= 11 is 0. The van der Waals surface area contributed by atoms with Gasteiger partial charge in [-0.05, 0) is 31.7 Å². The van der Waals surface area contributed by atoms with E-state index in [1.54, 1.807) is 6.07 Å². The Bertz CT molecular complexity index is 331. The number of aliphatic hydroxyl groups excluding tert-OH is 1. The van der Waals surface area contributed by atoms with Crippen molar-refractivity contribution in [2.45, 2.75) is 13.5 Å². The molecule has 3 nitrogen and oxygen atoms in total. The molecule has 1 aromatic rings. The zero-order chi connectivity index (χ0) is 12.0. The number of hydrogen-bond donors (Lipinski definition) is 1. The van der Waals surface area contributed by atoms with Gasteiger partial charge in [0, 0.05) is 13.1 Å². The van der Waals surface area contributed by atoms with E-state index in [4.69, 9.17) is 9.84 Å². The molecule has 4 heteroatoms. The van der Waals surface area contributed by atoms with Gasteiger partial charge < -0.3 is 9.84 Å². The summed E-state index contributed by atoms with van der Waals surface area (Å²) in [4.78, 5) is 1.93. The van der Waals surface area contributed by atoms with Crippen LogP contribution in [0.4, 0.5) is 4.39 Å². The second kappa shape index (κ2) is 6.45. The molecule has 0 saturated carbocycles. The van der Waals surface area contributed by atoms with E-state index in [2.05, 4.69) is 0 Å². The Kier molecular flexibility index (Phi) is 5.22. The van der Waals surface area contributed by atoms with Crippen molar-refractivity contribution in [3.05, 3.63) is 29.6 Å². The van der Waals surface area contributed by atoms with E-state index in [0.717, 1.165) is 5.56 Å². The Morgan fingerprint density at radius 2 is 2.19 bits per heavy atom. The van der Waals surface area contributed by atoms with Crippen molar-refractivity contribution in [3.8, 4) is 5.75 Å². The topological polar surface area (TPSA) is 32.7 Å². The Balaban J connectivity index is 2.65. The summed E-state index contributed by atoms with van der Waals surface area (Å²) < 4.78 is 18.6. The maximum absolute atomic E-state index is 13.5. The van der Waals surface area contributed by atoms with Crippen LogP contribution >= 0.6 is 0 Å². The molecule has 0 aliphatic carbocycles. The molecule has 0 aromatic heterocycles. The Labute approximate surface area is 95.5 Å². The monoisotopic (exact) mass is 227 g/mol. The average Bonchev–Trinajstić information content (AvgIpc) is 2.22. The van der Waals surface area contributed by atoms with Crippen LogP contribution in [-0.4, -0.2) is 36.8 Å². The highest BCUT2D eigenvalue weighted by Gasteiger charge is 2.05. The maximum atomic E-state index is 13.5. The fourth-order valence-corrected chi connectivity index (χ4v) is 1.48. The standard InChI is InChI=1S/C12H18FNO2/c1-3-16-12-5-4-10(8-11(12)13)9-14(2)6-7-15/h4-5,8,15H,3,6-7,9H2,1-2H3. The fourth-order valence-electron chi connectivity index (χ4n) is 1.48. The van der Waals surface area contributed by atoms with Crippen LogP contribution < -0.4 is 4.74 Å². The lowest BCUT2D eigenvalue weighted by atomic mass is 10.2. The average molecular weight is 227 g/mol. The van der Waals surface area contributed by atoms with Crippen LogP contribution in [0.5, 0.6) is 5.75 Å². The number of benzene rings is 1. The number of aliphatic hydroxyl groups is 1. The summed E-state index contributed by atoms with van der Waals surface area (Å²) in [6.45, 7) is 3.58. The van der Waals surface area contributed by atoms with Gasteiger partial charge in [0.2, 0.25) is 0 Å². The molecule has 0 unspecified atom stereocenters. The number of halogens is 1. The molecule has 0 atom stereocenters. The largest absolute Gasteiger partial charge is 0.491 e. The molecule has 90 valence electrons. The number of nitrogens with zero attached hydrogens (tertiary/aromatic N) is 1. The summed E-state index contributed by atoms with van der Waals surface area (Å²) in [5.74, 6) is -0.0483. The van der Waals surface area contributed by atoms with Gasteiger partial charge in [0.15, 0.2) is 11.6 Å². The van der Waals surface area contributed by atoms with Gasteiger partial charge >= 0.3 is 0 Å². The molecule has 0 amide bonds. The van der Waals surface area contributed by atoms with E-state index >= 15 is 0 Å². The lowest BCUT2D eigenvalue weighted by molar-refractivity contribution is 0.217. The predicted octanol–water partition coefficient (Wildman–Crippen LogP) is 1.65. The van der Waals surface area contributed by atoms with Gasteiger partial charge in [-0.2, -0.15) is 0 Å². The van der Waals surface area contributed by atoms with Crippen LogP contribution in [0.1, 0.15) is 12.5 Å². The minimum Gasteiger partial charge on any atom is -0.491 e. The molecule has 0 aliphatic rings. The molecule has 0 fully saturated rings. The van der Waals surface area contributed by atoms with Gasteiger partial charge in [-0.3, -0.25) is 4.90 Å². The van der Waals surface area contributed by atoms with Crippen LogP contribution in [0.25, 0.3) is 0 Å². The van der Waals surface area contributed by atoms with Crippen LogP contribution in [0.2, 0.25) is 0 Å². The molecule has 0 spiro atoms. The molecule has 0 radical (unpaired) electrons. The Morgan fingerprint density at radius 1 is 1.44 bits per heavy atom. The van der Waals surface area contributed by atoms with E-state index in [1.807, 2.05) is 24.9 Å². The summed E-state index contributed by atoms with van der Waals surface area (Å²) in [5, 5.41) is 8.75. The van der Waals surface area contributed by atoms with E-state index in [0.29, 0.717) is 19.7 Å². The maximum Gasteiger partial charge on any atom is 0.165 e. The summed E-state index contributed by atoms with van der Waals surface area (Å²) in [5.41, 5.74) is 0.872. The third-order valence-corrected chi connectivity index (χ3v) is 2.23. The van der Waals surface area contributed by atoms with Crippen LogP contribution in [-0.2, 0) is 6.54 Å². The highest BCUT2D eigenvalue weighted by molar-refractivity contribution is 5.29. The highest BCUT2D eigenvalue weighted by atomic mass is 19.1. The van der Waals surface area contributed by atoms with Crippen LogP contribution in [0.3, 0.4) is 0 Å². The summed E-state index contributed by atoms with van der Waals surface area (Å²) in [7, 11) is 1.88.